The lowest BCUT2D eigenvalue weighted by Gasteiger charge is -2.32. The van der Waals surface area contributed by atoms with Crippen molar-refractivity contribution in [2.24, 2.45) is 0 Å². The van der Waals surface area contributed by atoms with Crippen LogP contribution in [0.5, 0.6) is 0 Å². The van der Waals surface area contributed by atoms with Crippen LogP contribution in [0.15, 0.2) is 212 Å². The van der Waals surface area contributed by atoms with Gasteiger partial charge in [0, 0.05) is 42.7 Å². The van der Waals surface area contributed by atoms with Crippen LogP contribution in [-0.4, -0.2) is 0 Å². The highest BCUT2D eigenvalue weighted by Gasteiger charge is 2.52. The van der Waals surface area contributed by atoms with Crippen molar-refractivity contribution >= 4 is 48.6 Å². The Morgan fingerprint density at radius 1 is 0.351 bits per heavy atom. The summed E-state index contributed by atoms with van der Waals surface area (Å²) in [6.07, 6.45) is 0. The molecule has 0 aliphatic heterocycles. The molecule has 9 aromatic carbocycles. The van der Waals surface area contributed by atoms with Gasteiger partial charge in [0.05, 0.1) is 11.1 Å². The van der Waals surface area contributed by atoms with Crippen molar-refractivity contribution in [2.45, 2.75) is 5.41 Å². The van der Waals surface area contributed by atoms with Crippen molar-refractivity contribution < 1.29 is 0 Å². The van der Waals surface area contributed by atoms with Crippen LogP contribution >= 0.6 is 11.3 Å². The molecule has 1 heterocycles. The van der Waals surface area contributed by atoms with E-state index in [1.807, 2.05) is 11.3 Å². The van der Waals surface area contributed by atoms with E-state index in [0.29, 0.717) is 0 Å². The lowest BCUT2D eigenvalue weighted by Crippen LogP contribution is -2.26. The van der Waals surface area contributed by atoms with Gasteiger partial charge in [-0.3, -0.25) is 0 Å². The van der Waals surface area contributed by atoms with E-state index in [4.69, 9.17) is 0 Å². The van der Waals surface area contributed by atoms with Crippen LogP contribution in [0.3, 0.4) is 0 Å². The largest absolute Gasteiger partial charge is 0.310 e. The number of anilines is 3. The van der Waals surface area contributed by atoms with Gasteiger partial charge < -0.3 is 4.90 Å². The molecule has 0 saturated carbocycles. The number of hydrogen-bond acceptors (Lipinski definition) is 2. The minimum atomic E-state index is -0.430. The smallest absolute Gasteiger partial charge is 0.0726 e. The highest BCUT2D eigenvalue weighted by atomic mass is 32.1. The molecule has 0 bridgehead atoms. The van der Waals surface area contributed by atoms with Gasteiger partial charge in [-0.25, -0.2) is 0 Å². The van der Waals surface area contributed by atoms with Crippen LogP contribution < -0.4 is 4.90 Å². The molecule has 0 atom stereocenters. The van der Waals surface area contributed by atoms with Crippen molar-refractivity contribution in [1.29, 1.82) is 0 Å². The molecule has 10 aromatic rings. The van der Waals surface area contributed by atoms with Crippen LogP contribution in [0, 0.1) is 0 Å². The van der Waals surface area contributed by atoms with Crippen molar-refractivity contribution in [3.05, 3.63) is 235 Å². The van der Waals surface area contributed by atoms with Gasteiger partial charge in [-0.05, 0) is 92.0 Å². The molecule has 0 amide bonds. The molecule has 2 heteroatoms. The third-order valence-electron chi connectivity index (χ3n) is 12.3. The molecule has 1 nitrogen and oxygen atoms in total. The lowest BCUT2D eigenvalue weighted by molar-refractivity contribution is 0.794. The Labute approximate surface area is 336 Å². The summed E-state index contributed by atoms with van der Waals surface area (Å²) in [7, 11) is 0. The fourth-order valence-corrected chi connectivity index (χ4v) is 11.2. The molecule has 1 spiro atoms. The van der Waals surface area contributed by atoms with E-state index >= 15 is 0 Å². The Hall–Kier alpha value is -7.00. The summed E-state index contributed by atoms with van der Waals surface area (Å²) in [6.45, 7) is 0. The monoisotopic (exact) mass is 741 g/mol. The number of rotatable bonds is 5. The first kappa shape index (κ1) is 32.3. The third kappa shape index (κ3) is 4.62. The first-order valence-corrected chi connectivity index (χ1v) is 20.5. The molecule has 0 unspecified atom stereocenters. The van der Waals surface area contributed by atoms with Crippen LogP contribution in [0.1, 0.15) is 22.3 Å². The topological polar surface area (TPSA) is 3.24 Å². The highest BCUT2D eigenvalue weighted by Crippen LogP contribution is 2.64. The minimum Gasteiger partial charge on any atom is -0.310 e. The fraction of sp³-hybridized carbons (Fsp3) is 0.0182. The first-order valence-electron chi connectivity index (χ1n) is 19.7. The van der Waals surface area contributed by atoms with Crippen LogP contribution in [0.2, 0.25) is 0 Å². The van der Waals surface area contributed by atoms with E-state index in [1.165, 1.54) is 92.6 Å². The predicted octanol–water partition coefficient (Wildman–Crippen LogP) is 15.2. The van der Waals surface area contributed by atoms with Gasteiger partial charge in [0.25, 0.3) is 0 Å². The maximum Gasteiger partial charge on any atom is 0.0726 e. The molecule has 0 radical (unpaired) electrons. The molecule has 0 saturated heterocycles. The number of thiophene rings is 1. The summed E-state index contributed by atoms with van der Waals surface area (Å²) in [5, 5.41) is 2.57. The summed E-state index contributed by atoms with van der Waals surface area (Å²) in [5.74, 6) is 0. The second-order valence-electron chi connectivity index (χ2n) is 15.2. The van der Waals surface area contributed by atoms with Crippen LogP contribution in [-0.2, 0) is 5.41 Å². The van der Waals surface area contributed by atoms with Gasteiger partial charge in [-0.15, -0.1) is 11.3 Å². The second kappa shape index (κ2) is 12.5. The summed E-state index contributed by atoms with van der Waals surface area (Å²) >= 11 is 1.89. The van der Waals surface area contributed by atoms with E-state index in [0.717, 1.165) is 11.4 Å². The summed E-state index contributed by atoms with van der Waals surface area (Å²) in [4.78, 5) is 2.52. The Morgan fingerprint density at radius 3 is 1.60 bits per heavy atom. The molecular formula is C55H35NS. The van der Waals surface area contributed by atoms with E-state index in [-0.39, 0.29) is 0 Å². The number of benzene rings is 9. The predicted molar refractivity (Wildman–Crippen MR) is 241 cm³/mol. The van der Waals surface area contributed by atoms with Gasteiger partial charge in [-0.1, -0.05) is 176 Å². The summed E-state index contributed by atoms with van der Waals surface area (Å²) in [6, 6.07) is 78.7. The average molecular weight is 742 g/mol. The minimum absolute atomic E-state index is 0.430. The SMILES string of the molecule is c1ccc(-c2ccc(N(c3cc(-c4ccccc4)c4sc5ccccc5c4c3)c3cccc4c3-c3ccccc3C43c4ccccc4-c4ccccc43)cc2)cc1. The summed E-state index contributed by atoms with van der Waals surface area (Å²) in [5.41, 5.74) is 18.4. The maximum absolute atomic E-state index is 2.52. The van der Waals surface area contributed by atoms with Crippen molar-refractivity contribution in [3.8, 4) is 44.5 Å². The van der Waals surface area contributed by atoms with Gasteiger partial charge in [0.15, 0.2) is 0 Å². The van der Waals surface area contributed by atoms with Crippen molar-refractivity contribution in [3.63, 3.8) is 0 Å². The van der Waals surface area contributed by atoms with E-state index in [1.54, 1.807) is 0 Å². The number of nitrogens with zero attached hydrogens (tertiary/aromatic N) is 1. The van der Waals surface area contributed by atoms with Gasteiger partial charge in [0.1, 0.15) is 0 Å². The molecule has 0 fully saturated rings. The lowest BCUT2D eigenvalue weighted by atomic mass is 9.70. The number of hydrogen-bond donors (Lipinski definition) is 0. The van der Waals surface area contributed by atoms with Gasteiger partial charge >= 0.3 is 0 Å². The Bertz CT molecular complexity index is 3130. The molecule has 2 aliphatic rings. The quantitative estimate of drug-likeness (QED) is 0.170. The summed E-state index contributed by atoms with van der Waals surface area (Å²) < 4.78 is 2.61. The molecule has 266 valence electrons. The second-order valence-corrected chi connectivity index (χ2v) is 16.2. The fourth-order valence-electron chi connectivity index (χ4n) is 9.94. The van der Waals surface area contributed by atoms with Gasteiger partial charge in [0.2, 0.25) is 0 Å². The van der Waals surface area contributed by atoms with E-state index in [2.05, 4.69) is 217 Å². The zero-order valence-electron chi connectivity index (χ0n) is 31.1. The number of fused-ring (bicyclic) bond motifs is 13. The normalized spacial score (nSPS) is 13.1. The highest BCUT2D eigenvalue weighted by molar-refractivity contribution is 7.26. The Morgan fingerprint density at radius 2 is 0.895 bits per heavy atom. The molecular weight excluding hydrogens is 707 g/mol. The zero-order chi connectivity index (χ0) is 37.5. The molecule has 2 aliphatic carbocycles. The van der Waals surface area contributed by atoms with E-state index in [9.17, 15) is 0 Å². The molecule has 12 rings (SSSR count). The Balaban J connectivity index is 1.17. The Kier molecular flexibility index (Phi) is 7.08. The van der Waals surface area contributed by atoms with Crippen molar-refractivity contribution in [2.75, 3.05) is 4.90 Å². The van der Waals surface area contributed by atoms with E-state index < -0.39 is 5.41 Å². The third-order valence-corrected chi connectivity index (χ3v) is 13.5. The first-order chi connectivity index (χ1) is 28.3. The van der Waals surface area contributed by atoms with Crippen LogP contribution in [0.4, 0.5) is 17.1 Å². The maximum atomic E-state index is 2.52. The van der Waals surface area contributed by atoms with Gasteiger partial charge in [-0.2, -0.15) is 0 Å². The van der Waals surface area contributed by atoms with Crippen molar-refractivity contribution in [1.82, 2.24) is 0 Å². The average Bonchev–Trinajstić information content (AvgIpc) is 3.92. The standard InChI is InChI=1S/C55H35NS/c1-3-16-36(17-4-1)37-30-32-39(33-31-37)56(40-34-45(38-18-5-2-6-19-38)54-46(35-40)43-22-10-14-29-52(43)57-54)51-28-15-27-50-53(51)44-23-9-13-26-49(44)55(50)47-24-11-7-20-41(47)42-21-8-12-25-48(42)55/h1-35H. The molecule has 57 heavy (non-hydrogen) atoms. The van der Waals surface area contributed by atoms with Crippen LogP contribution in [0.25, 0.3) is 64.7 Å². The zero-order valence-corrected chi connectivity index (χ0v) is 31.9. The molecule has 1 aromatic heterocycles. The molecule has 0 N–H and O–H groups in total.